The number of methoxy groups -OCH3 is 1. The second-order valence-corrected chi connectivity index (χ2v) is 5.62. The van der Waals surface area contributed by atoms with Crippen LogP contribution in [0.2, 0.25) is 0 Å². The van der Waals surface area contributed by atoms with Gasteiger partial charge in [-0.05, 0) is 18.4 Å². The predicted molar refractivity (Wildman–Crippen MR) is 89.8 cm³/mol. The van der Waals surface area contributed by atoms with Gasteiger partial charge in [0.15, 0.2) is 11.5 Å². The Morgan fingerprint density at radius 2 is 2.36 bits per heavy atom. The molecule has 0 saturated heterocycles. The maximum absolute atomic E-state index is 5.57. The maximum Gasteiger partial charge on any atom is 0.211 e. The molecule has 0 unspecified atom stereocenters. The van der Waals surface area contributed by atoms with Gasteiger partial charge in [0.25, 0.3) is 0 Å². The molecule has 1 aromatic heterocycles. The van der Waals surface area contributed by atoms with E-state index in [1.54, 1.807) is 24.1 Å². The molecule has 1 aromatic carbocycles. The van der Waals surface area contributed by atoms with Gasteiger partial charge in [-0.25, -0.2) is 0 Å². The van der Waals surface area contributed by atoms with Crippen molar-refractivity contribution in [2.75, 3.05) is 20.0 Å². The molecular formula is C14H13BrN4O2S. The molecule has 6 nitrogen and oxygen atoms in total. The molecular weight excluding hydrogens is 368 g/mol. The second-order valence-electron chi connectivity index (χ2n) is 3.93. The Bertz CT molecular complexity index is 724. The first kappa shape index (κ1) is 16.4. The third-order valence-corrected chi connectivity index (χ3v) is 3.66. The van der Waals surface area contributed by atoms with Crippen molar-refractivity contribution in [2.24, 2.45) is 5.10 Å². The van der Waals surface area contributed by atoms with E-state index in [1.165, 1.54) is 18.1 Å². The molecule has 0 atom stereocenters. The van der Waals surface area contributed by atoms with E-state index in [2.05, 4.69) is 37.1 Å². The number of halogens is 1. The number of terminal acetylenes is 1. The van der Waals surface area contributed by atoms with Crippen LogP contribution in [0.25, 0.3) is 0 Å². The monoisotopic (exact) mass is 380 g/mol. The van der Waals surface area contributed by atoms with Crippen LogP contribution >= 0.6 is 27.7 Å². The largest absolute Gasteiger partial charge is 0.493 e. The van der Waals surface area contributed by atoms with Crippen LogP contribution in [-0.4, -0.2) is 41.1 Å². The maximum atomic E-state index is 5.57. The number of rotatable bonds is 6. The molecule has 0 fully saturated rings. The van der Waals surface area contributed by atoms with Crippen LogP contribution in [0.1, 0.15) is 5.56 Å². The van der Waals surface area contributed by atoms with Gasteiger partial charge in [-0.15, -0.1) is 16.6 Å². The molecule has 8 heteroatoms. The highest BCUT2D eigenvalue weighted by Crippen LogP contribution is 2.34. The summed E-state index contributed by atoms with van der Waals surface area (Å²) in [4.78, 5) is 0. The molecule has 0 aliphatic carbocycles. The number of hydrogen-bond acceptors (Lipinski definition) is 6. The van der Waals surface area contributed by atoms with Gasteiger partial charge in [0, 0.05) is 10.0 Å². The Morgan fingerprint density at radius 1 is 1.55 bits per heavy atom. The molecule has 22 heavy (non-hydrogen) atoms. The van der Waals surface area contributed by atoms with Crippen molar-refractivity contribution in [2.45, 2.75) is 5.16 Å². The molecule has 0 aliphatic rings. The first-order valence-corrected chi connectivity index (χ1v) is 8.13. The van der Waals surface area contributed by atoms with Gasteiger partial charge in [0.1, 0.15) is 12.9 Å². The van der Waals surface area contributed by atoms with Gasteiger partial charge in [-0.3, -0.25) is 0 Å². The van der Waals surface area contributed by atoms with E-state index in [0.29, 0.717) is 16.7 Å². The lowest BCUT2D eigenvalue weighted by Crippen LogP contribution is -2.01. The van der Waals surface area contributed by atoms with E-state index in [1.807, 2.05) is 12.3 Å². The molecule has 0 bridgehead atoms. The quantitative estimate of drug-likeness (QED) is 0.438. The molecule has 114 valence electrons. The average Bonchev–Trinajstić information content (AvgIpc) is 2.98. The summed E-state index contributed by atoms with van der Waals surface area (Å²) in [5.41, 5.74) is 0.724. The second kappa shape index (κ2) is 7.87. The molecule has 0 radical (unpaired) electrons. The molecule has 2 rings (SSSR count). The Hall–Kier alpha value is -1.98. The summed E-state index contributed by atoms with van der Waals surface area (Å²) in [5.74, 6) is 3.54. The number of hydrogen-bond donors (Lipinski definition) is 0. The Kier molecular flexibility index (Phi) is 5.86. The van der Waals surface area contributed by atoms with Crippen LogP contribution in [0, 0.1) is 12.3 Å². The lowest BCUT2D eigenvalue weighted by molar-refractivity contribution is 0.330. The Balaban J connectivity index is 2.40. The standard InChI is InChI=1S/C14H13BrN4O2S/c1-4-5-21-13-10(6-11(15)7-12(13)20-2)8-17-19-9-16-18-14(19)22-3/h1,6-9H,5H2,2-3H3/b17-8-. The SMILES string of the molecule is C#CCOc1c(/C=N\n2cnnc2SC)cc(Br)cc1OC. The summed E-state index contributed by atoms with van der Waals surface area (Å²) >= 11 is 4.88. The van der Waals surface area contributed by atoms with Gasteiger partial charge in [-0.2, -0.15) is 9.78 Å². The molecule has 0 spiro atoms. The van der Waals surface area contributed by atoms with E-state index in [9.17, 15) is 0 Å². The highest BCUT2D eigenvalue weighted by atomic mass is 79.9. The minimum atomic E-state index is 0.140. The van der Waals surface area contributed by atoms with Gasteiger partial charge < -0.3 is 9.47 Å². The predicted octanol–water partition coefficient (Wildman–Crippen LogP) is 2.67. The summed E-state index contributed by atoms with van der Waals surface area (Å²) in [6.45, 7) is 0.140. The van der Waals surface area contributed by atoms with E-state index < -0.39 is 0 Å². The fraction of sp³-hybridized carbons (Fsp3) is 0.214. The highest BCUT2D eigenvalue weighted by molar-refractivity contribution is 9.10. The minimum absolute atomic E-state index is 0.140. The average molecular weight is 381 g/mol. The fourth-order valence-corrected chi connectivity index (χ4v) is 2.53. The van der Waals surface area contributed by atoms with Crippen LogP contribution in [0.5, 0.6) is 11.5 Å². The van der Waals surface area contributed by atoms with Crippen molar-refractivity contribution in [3.8, 4) is 23.8 Å². The summed E-state index contributed by atoms with van der Waals surface area (Å²) in [5, 5.41) is 12.8. The van der Waals surface area contributed by atoms with E-state index in [4.69, 9.17) is 15.9 Å². The zero-order chi connectivity index (χ0) is 15.9. The van der Waals surface area contributed by atoms with Gasteiger partial charge in [0.05, 0.1) is 13.3 Å². The lowest BCUT2D eigenvalue weighted by atomic mass is 10.2. The lowest BCUT2D eigenvalue weighted by Gasteiger charge is -2.12. The van der Waals surface area contributed by atoms with Crippen molar-refractivity contribution >= 4 is 33.9 Å². The number of aromatic nitrogens is 3. The van der Waals surface area contributed by atoms with Crippen LogP contribution in [0.3, 0.4) is 0 Å². The van der Waals surface area contributed by atoms with Crippen molar-refractivity contribution in [1.82, 2.24) is 14.9 Å². The van der Waals surface area contributed by atoms with Gasteiger partial charge in [0.2, 0.25) is 5.16 Å². The summed E-state index contributed by atoms with van der Waals surface area (Å²) in [6, 6.07) is 3.66. The van der Waals surface area contributed by atoms with Crippen molar-refractivity contribution in [3.05, 3.63) is 28.5 Å². The van der Waals surface area contributed by atoms with E-state index >= 15 is 0 Å². The zero-order valence-corrected chi connectivity index (χ0v) is 14.4. The topological polar surface area (TPSA) is 61.5 Å². The van der Waals surface area contributed by atoms with Crippen molar-refractivity contribution in [3.63, 3.8) is 0 Å². The smallest absolute Gasteiger partial charge is 0.211 e. The summed E-state index contributed by atoms with van der Waals surface area (Å²) in [7, 11) is 1.57. The first-order chi connectivity index (χ1) is 10.7. The van der Waals surface area contributed by atoms with Crippen LogP contribution < -0.4 is 9.47 Å². The summed E-state index contributed by atoms with van der Waals surface area (Å²) in [6.07, 6.45) is 10.3. The Labute approximate surface area is 141 Å². The normalized spacial score (nSPS) is 10.6. The van der Waals surface area contributed by atoms with Gasteiger partial charge in [-0.1, -0.05) is 33.6 Å². The van der Waals surface area contributed by atoms with Crippen molar-refractivity contribution in [1.29, 1.82) is 0 Å². The highest BCUT2D eigenvalue weighted by Gasteiger charge is 2.11. The van der Waals surface area contributed by atoms with E-state index in [0.717, 1.165) is 10.0 Å². The number of ether oxygens (including phenoxy) is 2. The van der Waals surface area contributed by atoms with Crippen molar-refractivity contribution < 1.29 is 9.47 Å². The molecule has 0 aliphatic heterocycles. The molecule has 1 heterocycles. The van der Waals surface area contributed by atoms with Crippen LogP contribution in [0.4, 0.5) is 0 Å². The molecule has 0 N–H and O–H groups in total. The third kappa shape index (κ3) is 3.81. The van der Waals surface area contributed by atoms with E-state index in [-0.39, 0.29) is 6.61 Å². The summed E-state index contributed by atoms with van der Waals surface area (Å²) < 4.78 is 13.3. The Morgan fingerprint density at radius 3 is 3.05 bits per heavy atom. The van der Waals surface area contributed by atoms with Crippen LogP contribution in [0.15, 0.2) is 33.2 Å². The first-order valence-electron chi connectivity index (χ1n) is 6.11. The molecule has 0 amide bonds. The molecule has 0 saturated carbocycles. The minimum Gasteiger partial charge on any atom is -0.493 e. The fourth-order valence-electron chi connectivity index (χ4n) is 1.66. The number of benzene rings is 1. The molecule has 2 aromatic rings. The number of thioether (sulfide) groups is 1. The zero-order valence-electron chi connectivity index (χ0n) is 12.0. The van der Waals surface area contributed by atoms with Gasteiger partial charge >= 0.3 is 0 Å². The third-order valence-electron chi connectivity index (χ3n) is 2.57. The number of nitrogens with zero attached hydrogens (tertiary/aromatic N) is 4. The van der Waals surface area contributed by atoms with Crippen LogP contribution in [-0.2, 0) is 0 Å².